The van der Waals surface area contributed by atoms with Crippen LogP contribution in [0.1, 0.15) is 19.8 Å². The Kier molecular flexibility index (Phi) is 4.84. The first kappa shape index (κ1) is 14.8. The lowest BCUT2D eigenvalue weighted by molar-refractivity contribution is 0.383. The van der Waals surface area contributed by atoms with E-state index < -0.39 is 10.0 Å². The van der Waals surface area contributed by atoms with Crippen LogP contribution >= 0.6 is 11.6 Å². The van der Waals surface area contributed by atoms with Crippen LogP contribution in [-0.4, -0.2) is 38.4 Å². The van der Waals surface area contributed by atoms with Gasteiger partial charge in [0.2, 0.25) is 10.0 Å². The Bertz CT molecular complexity index is 510. The molecular formula is C13H19ClN2O2S. The third kappa shape index (κ3) is 3.48. The van der Waals surface area contributed by atoms with Crippen LogP contribution < -0.4 is 5.32 Å². The highest BCUT2D eigenvalue weighted by Crippen LogP contribution is 2.19. The first-order valence-electron chi connectivity index (χ1n) is 6.53. The molecule has 0 aromatic heterocycles. The predicted molar refractivity (Wildman–Crippen MR) is 76.9 cm³/mol. The zero-order valence-corrected chi connectivity index (χ0v) is 12.5. The van der Waals surface area contributed by atoms with Gasteiger partial charge < -0.3 is 5.32 Å². The van der Waals surface area contributed by atoms with Gasteiger partial charge in [-0.3, -0.25) is 0 Å². The molecule has 0 bridgehead atoms. The molecule has 2 rings (SSSR count). The molecule has 1 atom stereocenters. The van der Waals surface area contributed by atoms with E-state index in [1.807, 2.05) is 6.92 Å². The van der Waals surface area contributed by atoms with Gasteiger partial charge in [-0.1, -0.05) is 18.5 Å². The number of rotatable bonds is 5. The molecule has 1 unspecified atom stereocenters. The second kappa shape index (κ2) is 6.22. The summed E-state index contributed by atoms with van der Waals surface area (Å²) in [7, 11) is -3.42. The molecule has 1 aliphatic heterocycles. The highest BCUT2D eigenvalue weighted by atomic mass is 35.5. The molecule has 4 nitrogen and oxygen atoms in total. The van der Waals surface area contributed by atoms with Crippen molar-refractivity contribution in [2.75, 3.05) is 19.6 Å². The molecule has 19 heavy (non-hydrogen) atoms. The van der Waals surface area contributed by atoms with Gasteiger partial charge in [0.15, 0.2) is 0 Å². The Morgan fingerprint density at radius 2 is 2.05 bits per heavy atom. The number of likely N-dealkylation sites (N-methyl/N-ethyl adjacent to an activating group) is 1. The highest BCUT2D eigenvalue weighted by molar-refractivity contribution is 7.89. The van der Waals surface area contributed by atoms with E-state index in [-0.39, 0.29) is 6.04 Å². The normalized spacial score (nSPS) is 20.1. The number of benzene rings is 1. The van der Waals surface area contributed by atoms with Crippen molar-refractivity contribution in [3.8, 4) is 0 Å². The molecule has 0 spiro atoms. The van der Waals surface area contributed by atoms with Crippen molar-refractivity contribution in [2.45, 2.75) is 30.7 Å². The maximum absolute atomic E-state index is 12.5. The van der Waals surface area contributed by atoms with Gasteiger partial charge in [-0.15, -0.1) is 0 Å². The van der Waals surface area contributed by atoms with E-state index in [1.165, 1.54) is 4.31 Å². The molecule has 1 N–H and O–H groups in total. The van der Waals surface area contributed by atoms with Gasteiger partial charge in [0.1, 0.15) is 0 Å². The maximum atomic E-state index is 12.5. The second-order valence-electron chi connectivity index (χ2n) is 4.70. The Balaban J connectivity index is 2.17. The van der Waals surface area contributed by atoms with Crippen LogP contribution in [0.15, 0.2) is 29.2 Å². The molecule has 0 radical (unpaired) electrons. The molecule has 1 heterocycles. The number of sulfonamides is 1. The molecular weight excluding hydrogens is 284 g/mol. The van der Waals surface area contributed by atoms with E-state index in [0.29, 0.717) is 23.0 Å². The third-order valence-corrected chi connectivity index (χ3v) is 5.60. The van der Waals surface area contributed by atoms with Gasteiger partial charge in [-0.2, -0.15) is 4.31 Å². The summed E-state index contributed by atoms with van der Waals surface area (Å²) in [5.41, 5.74) is 0. The van der Waals surface area contributed by atoms with Crippen LogP contribution in [-0.2, 0) is 10.0 Å². The zero-order chi connectivity index (χ0) is 13.9. The average molecular weight is 303 g/mol. The van der Waals surface area contributed by atoms with E-state index in [4.69, 9.17) is 11.6 Å². The van der Waals surface area contributed by atoms with Gasteiger partial charge >= 0.3 is 0 Å². The van der Waals surface area contributed by atoms with Gasteiger partial charge in [0, 0.05) is 24.2 Å². The first-order valence-corrected chi connectivity index (χ1v) is 8.35. The quantitative estimate of drug-likeness (QED) is 0.906. The molecule has 0 saturated carbocycles. The minimum atomic E-state index is -3.42. The topological polar surface area (TPSA) is 49.4 Å². The molecule has 1 saturated heterocycles. The summed E-state index contributed by atoms with van der Waals surface area (Å²) in [6.45, 7) is 3.84. The number of hydrogen-bond acceptors (Lipinski definition) is 3. The summed E-state index contributed by atoms with van der Waals surface area (Å²) < 4.78 is 26.6. The van der Waals surface area contributed by atoms with Crippen molar-refractivity contribution >= 4 is 21.6 Å². The molecule has 1 aliphatic rings. The van der Waals surface area contributed by atoms with Crippen LogP contribution in [0.25, 0.3) is 0 Å². The van der Waals surface area contributed by atoms with Crippen molar-refractivity contribution in [1.82, 2.24) is 9.62 Å². The fraction of sp³-hybridized carbons (Fsp3) is 0.538. The van der Waals surface area contributed by atoms with E-state index in [9.17, 15) is 8.42 Å². The Morgan fingerprint density at radius 1 is 1.37 bits per heavy atom. The second-order valence-corrected chi connectivity index (χ2v) is 7.08. The van der Waals surface area contributed by atoms with E-state index >= 15 is 0 Å². The van der Waals surface area contributed by atoms with Crippen molar-refractivity contribution in [2.24, 2.45) is 0 Å². The van der Waals surface area contributed by atoms with Gasteiger partial charge in [-0.05, 0) is 43.7 Å². The lowest BCUT2D eigenvalue weighted by atomic mass is 10.2. The van der Waals surface area contributed by atoms with Crippen LogP contribution in [0.2, 0.25) is 5.02 Å². The lowest BCUT2D eigenvalue weighted by Crippen LogP contribution is -2.40. The number of halogens is 1. The average Bonchev–Trinajstić information content (AvgIpc) is 2.89. The summed E-state index contributed by atoms with van der Waals surface area (Å²) in [5.74, 6) is 0. The molecule has 0 amide bonds. The summed E-state index contributed by atoms with van der Waals surface area (Å²) in [6, 6.07) is 6.60. The maximum Gasteiger partial charge on any atom is 0.243 e. The molecule has 1 fully saturated rings. The van der Waals surface area contributed by atoms with E-state index in [0.717, 1.165) is 19.4 Å². The molecule has 1 aromatic carbocycles. The molecule has 1 aromatic rings. The smallest absolute Gasteiger partial charge is 0.243 e. The van der Waals surface area contributed by atoms with Crippen molar-refractivity contribution in [1.29, 1.82) is 0 Å². The predicted octanol–water partition coefficient (Wildman–Crippen LogP) is 2.10. The van der Waals surface area contributed by atoms with Crippen molar-refractivity contribution < 1.29 is 8.42 Å². The zero-order valence-electron chi connectivity index (χ0n) is 11.0. The Hall–Kier alpha value is -0.620. The van der Waals surface area contributed by atoms with Crippen LogP contribution in [0.5, 0.6) is 0 Å². The van der Waals surface area contributed by atoms with Gasteiger partial charge in [0.25, 0.3) is 0 Å². The Morgan fingerprint density at radius 3 is 2.58 bits per heavy atom. The standard InChI is InChI=1S/C13H19ClN2O2S/c1-2-16(10-12-4-3-9-15-12)19(17,18)13-7-5-11(14)6-8-13/h5-8,12,15H,2-4,9-10H2,1H3. The molecule has 0 aliphatic carbocycles. The largest absolute Gasteiger partial charge is 0.313 e. The summed E-state index contributed by atoms with van der Waals surface area (Å²) in [5, 5.41) is 3.87. The van der Waals surface area contributed by atoms with Crippen LogP contribution in [0.3, 0.4) is 0 Å². The van der Waals surface area contributed by atoms with Crippen LogP contribution in [0, 0.1) is 0 Å². The highest BCUT2D eigenvalue weighted by Gasteiger charge is 2.26. The summed E-state index contributed by atoms with van der Waals surface area (Å²) >= 11 is 5.79. The summed E-state index contributed by atoms with van der Waals surface area (Å²) in [4.78, 5) is 0.303. The minimum Gasteiger partial charge on any atom is -0.313 e. The monoisotopic (exact) mass is 302 g/mol. The van der Waals surface area contributed by atoms with Crippen molar-refractivity contribution in [3.05, 3.63) is 29.3 Å². The van der Waals surface area contributed by atoms with Gasteiger partial charge in [-0.25, -0.2) is 8.42 Å². The van der Waals surface area contributed by atoms with Crippen LogP contribution in [0.4, 0.5) is 0 Å². The third-order valence-electron chi connectivity index (χ3n) is 3.39. The lowest BCUT2D eigenvalue weighted by Gasteiger charge is -2.23. The Labute approximate surface area is 119 Å². The molecule has 106 valence electrons. The first-order chi connectivity index (χ1) is 9.04. The minimum absolute atomic E-state index is 0.266. The number of hydrogen-bond donors (Lipinski definition) is 1. The van der Waals surface area contributed by atoms with E-state index in [1.54, 1.807) is 24.3 Å². The molecule has 6 heteroatoms. The fourth-order valence-corrected chi connectivity index (χ4v) is 3.93. The number of nitrogens with zero attached hydrogens (tertiary/aromatic N) is 1. The SMILES string of the molecule is CCN(CC1CCCN1)S(=O)(=O)c1ccc(Cl)cc1. The van der Waals surface area contributed by atoms with E-state index in [2.05, 4.69) is 5.32 Å². The fourth-order valence-electron chi connectivity index (χ4n) is 2.31. The van der Waals surface area contributed by atoms with Crippen molar-refractivity contribution in [3.63, 3.8) is 0 Å². The summed E-state index contributed by atoms with van der Waals surface area (Å²) in [6.07, 6.45) is 2.15. The number of nitrogens with one attached hydrogen (secondary N) is 1. The van der Waals surface area contributed by atoms with Gasteiger partial charge in [0.05, 0.1) is 4.90 Å².